The summed E-state index contributed by atoms with van der Waals surface area (Å²) in [5, 5.41) is 5.42. The Labute approximate surface area is 159 Å². The molecule has 1 saturated heterocycles. The van der Waals surface area contributed by atoms with Crippen molar-refractivity contribution in [3.05, 3.63) is 29.5 Å². The van der Waals surface area contributed by atoms with Crippen molar-refractivity contribution in [3.63, 3.8) is 0 Å². The molecule has 0 saturated carbocycles. The Kier molecular flexibility index (Phi) is 5.13. The van der Waals surface area contributed by atoms with Gasteiger partial charge in [-0.15, -0.1) is 0 Å². The van der Waals surface area contributed by atoms with Crippen LogP contribution < -0.4 is 0 Å². The molecule has 2 aromatic rings. The van der Waals surface area contributed by atoms with E-state index in [1.807, 2.05) is 40.1 Å². The van der Waals surface area contributed by atoms with Crippen LogP contribution in [0, 0.1) is 0 Å². The molecule has 0 bridgehead atoms. The third-order valence-electron chi connectivity index (χ3n) is 4.82. The first-order chi connectivity index (χ1) is 12.7. The van der Waals surface area contributed by atoms with Crippen molar-refractivity contribution in [3.8, 4) is 0 Å². The molecule has 0 radical (unpaired) electrons. The van der Waals surface area contributed by atoms with Gasteiger partial charge in [0.25, 0.3) is 0 Å². The van der Waals surface area contributed by atoms with Crippen LogP contribution in [0.15, 0.2) is 18.3 Å². The summed E-state index contributed by atoms with van der Waals surface area (Å²) in [7, 11) is 3.22. The maximum atomic E-state index is 12.3. The van der Waals surface area contributed by atoms with Crippen molar-refractivity contribution in [2.24, 2.45) is 7.05 Å². The van der Waals surface area contributed by atoms with Crippen LogP contribution >= 0.6 is 0 Å². The number of benzene rings is 1. The van der Waals surface area contributed by atoms with E-state index in [9.17, 15) is 9.59 Å². The summed E-state index contributed by atoms with van der Waals surface area (Å²) in [4.78, 5) is 26.1. The molecule has 1 fully saturated rings. The van der Waals surface area contributed by atoms with Crippen LogP contribution in [0.2, 0.25) is 0 Å². The number of aromatic nitrogens is 2. The summed E-state index contributed by atoms with van der Waals surface area (Å²) in [5.41, 5.74) is 1.81. The van der Waals surface area contributed by atoms with Gasteiger partial charge in [0.15, 0.2) is 0 Å². The summed E-state index contributed by atoms with van der Waals surface area (Å²) in [6.07, 6.45) is 3.38. The van der Waals surface area contributed by atoms with Crippen molar-refractivity contribution in [1.82, 2.24) is 14.7 Å². The highest BCUT2D eigenvalue weighted by Gasteiger charge is 2.29. The highest BCUT2D eigenvalue weighted by atomic mass is 16.6. The van der Waals surface area contributed by atoms with E-state index >= 15 is 0 Å². The molecule has 146 valence electrons. The molecule has 0 N–H and O–H groups in total. The number of carbonyl (C=O) groups is 2. The molecule has 1 aromatic heterocycles. The maximum absolute atomic E-state index is 12.3. The fourth-order valence-electron chi connectivity index (χ4n) is 3.57. The van der Waals surface area contributed by atoms with Gasteiger partial charge in [-0.1, -0.05) is 6.07 Å². The van der Waals surface area contributed by atoms with E-state index in [2.05, 4.69) is 5.10 Å². The Hall–Kier alpha value is -2.57. The van der Waals surface area contributed by atoms with E-state index < -0.39 is 5.60 Å². The van der Waals surface area contributed by atoms with E-state index in [1.54, 1.807) is 15.6 Å². The minimum atomic E-state index is -0.487. The molecule has 0 atom stereocenters. The highest BCUT2D eigenvalue weighted by Crippen LogP contribution is 2.34. The van der Waals surface area contributed by atoms with Gasteiger partial charge < -0.3 is 14.4 Å². The number of carbonyl (C=O) groups excluding carboxylic acids is 2. The van der Waals surface area contributed by atoms with Crippen LogP contribution in [0.5, 0.6) is 0 Å². The van der Waals surface area contributed by atoms with Crippen molar-refractivity contribution < 1.29 is 19.1 Å². The fourth-order valence-corrected chi connectivity index (χ4v) is 3.57. The summed E-state index contributed by atoms with van der Waals surface area (Å²) in [6.45, 7) is 6.93. The fraction of sp³-hybridized carbons (Fsp3) is 0.550. The predicted octanol–water partition coefficient (Wildman–Crippen LogP) is 3.47. The van der Waals surface area contributed by atoms with E-state index in [1.165, 1.54) is 7.11 Å². The third-order valence-corrected chi connectivity index (χ3v) is 4.82. The van der Waals surface area contributed by atoms with Gasteiger partial charge in [0.2, 0.25) is 0 Å². The molecule has 3 rings (SSSR count). The molecule has 1 aliphatic heterocycles. The van der Waals surface area contributed by atoms with Gasteiger partial charge in [-0.05, 0) is 51.2 Å². The lowest BCUT2D eigenvalue weighted by Crippen LogP contribution is -2.41. The van der Waals surface area contributed by atoms with E-state index in [-0.39, 0.29) is 12.1 Å². The van der Waals surface area contributed by atoms with E-state index in [0.29, 0.717) is 30.1 Å². The minimum absolute atomic E-state index is 0.256. The largest absolute Gasteiger partial charge is 0.465 e. The Morgan fingerprint density at radius 3 is 2.44 bits per heavy atom. The lowest BCUT2D eigenvalue weighted by molar-refractivity contribution is 0.0205. The second kappa shape index (κ2) is 7.21. The van der Waals surface area contributed by atoms with E-state index in [0.717, 1.165) is 23.8 Å². The first-order valence-corrected chi connectivity index (χ1v) is 9.22. The minimum Gasteiger partial charge on any atom is -0.465 e. The molecule has 0 aliphatic carbocycles. The number of piperidine rings is 1. The number of aryl methyl sites for hydroxylation is 1. The first-order valence-electron chi connectivity index (χ1n) is 9.22. The van der Waals surface area contributed by atoms with Gasteiger partial charge in [0.05, 0.1) is 12.7 Å². The van der Waals surface area contributed by atoms with Gasteiger partial charge >= 0.3 is 12.1 Å². The van der Waals surface area contributed by atoms with Crippen LogP contribution in [0.4, 0.5) is 4.79 Å². The van der Waals surface area contributed by atoms with Gasteiger partial charge in [-0.25, -0.2) is 9.59 Å². The summed E-state index contributed by atoms with van der Waals surface area (Å²) in [6, 6.07) is 3.78. The number of methoxy groups -OCH3 is 1. The number of esters is 1. The second-order valence-electron chi connectivity index (χ2n) is 8.00. The molecule has 27 heavy (non-hydrogen) atoms. The number of rotatable bonds is 2. The predicted molar refractivity (Wildman–Crippen MR) is 102 cm³/mol. The number of fused-ring (bicyclic) bond motifs is 1. The van der Waals surface area contributed by atoms with Crippen LogP contribution in [0.25, 0.3) is 10.9 Å². The zero-order valence-corrected chi connectivity index (χ0v) is 16.6. The van der Waals surface area contributed by atoms with Crippen LogP contribution in [-0.2, 0) is 16.5 Å². The average molecular weight is 373 g/mol. The highest BCUT2D eigenvalue weighted by molar-refractivity contribution is 6.03. The molecule has 0 unspecified atom stereocenters. The zero-order valence-electron chi connectivity index (χ0n) is 16.6. The molecule has 2 heterocycles. The standard InChI is InChI=1S/C20H27N3O4/c1-20(2,3)27-19(25)23-10-8-13(9-11-23)14-6-7-15(18(24)26-5)17-16(14)12-22(4)21-17/h6-7,12-13H,8-11H2,1-5H3. The Bertz CT molecular complexity index is 858. The quantitative estimate of drug-likeness (QED) is 0.754. The van der Waals surface area contributed by atoms with E-state index in [4.69, 9.17) is 9.47 Å². The first kappa shape index (κ1) is 19.2. The van der Waals surface area contributed by atoms with Crippen LogP contribution in [0.1, 0.15) is 55.5 Å². The Balaban J connectivity index is 1.80. The lowest BCUT2D eigenvalue weighted by Gasteiger charge is -2.33. The molecule has 1 aliphatic rings. The number of amides is 1. The van der Waals surface area contributed by atoms with Crippen molar-refractivity contribution in [2.75, 3.05) is 20.2 Å². The zero-order chi connectivity index (χ0) is 19.8. The van der Waals surface area contributed by atoms with Gasteiger partial charge in [0.1, 0.15) is 11.1 Å². The van der Waals surface area contributed by atoms with Crippen molar-refractivity contribution in [1.29, 1.82) is 0 Å². The number of nitrogens with zero attached hydrogens (tertiary/aromatic N) is 3. The van der Waals surface area contributed by atoms with Crippen LogP contribution in [-0.4, -0.2) is 52.5 Å². The molecule has 7 heteroatoms. The Morgan fingerprint density at radius 1 is 1.19 bits per heavy atom. The maximum Gasteiger partial charge on any atom is 0.410 e. The smallest absolute Gasteiger partial charge is 0.410 e. The molecule has 0 spiro atoms. The number of likely N-dealkylation sites (tertiary alicyclic amines) is 1. The third kappa shape index (κ3) is 4.07. The van der Waals surface area contributed by atoms with Gasteiger partial charge in [-0.3, -0.25) is 4.68 Å². The second-order valence-corrected chi connectivity index (χ2v) is 8.00. The Morgan fingerprint density at radius 2 is 1.85 bits per heavy atom. The normalized spacial score (nSPS) is 15.8. The summed E-state index contributed by atoms with van der Waals surface area (Å²) < 4.78 is 12.1. The molecular weight excluding hydrogens is 346 g/mol. The van der Waals surface area contributed by atoms with Crippen molar-refractivity contribution >= 4 is 23.0 Å². The molecule has 7 nitrogen and oxygen atoms in total. The molecule has 1 aromatic carbocycles. The SMILES string of the molecule is COC(=O)c1ccc(C2CCN(C(=O)OC(C)(C)C)CC2)c2cn(C)nc12. The lowest BCUT2D eigenvalue weighted by atomic mass is 9.87. The topological polar surface area (TPSA) is 73.7 Å². The average Bonchev–Trinajstić information content (AvgIpc) is 3.00. The molecular formula is C20H27N3O4. The monoisotopic (exact) mass is 373 g/mol. The number of ether oxygens (including phenoxy) is 2. The van der Waals surface area contributed by atoms with Crippen LogP contribution in [0.3, 0.4) is 0 Å². The van der Waals surface area contributed by atoms with Gasteiger partial charge in [0, 0.05) is 31.7 Å². The summed E-state index contributed by atoms with van der Waals surface area (Å²) >= 11 is 0. The number of hydrogen-bond donors (Lipinski definition) is 0. The van der Waals surface area contributed by atoms with Gasteiger partial charge in [-0.2, -0.15) is 5.10 Å². The number of hydrogen-bond acceptors (Lipinski definition) is 5. The summed E-state index contributed by atoms with van der Waals surface area (Å²) in [5.74, 6) is -0.0768. The molecule has 1 amide bonds. The van der Waals surface area contributed by atoms with Crippen molar-refractivity contribution in [2.45, 2.75) is 45.1 Å².